The molecule has 1 amide bonds. The molecule has 164 valence electrons. The number of rotatable bonds is 7. The Morgan fingerprint density at radius 1 is 1.23 bits per heavy atom. The number of hydrogen-bond donors (Lipinski definition) is 1. The third-order valence-electron chi connectivity index (χ3n) is 5.02. The van der Waals surface area contributed by atoms with Gasteiger partial charge in [0, 0.05) is 19.6 Å². The quantitative estimate of drug-likeness (QED) is 0.421. The molecule has 31 heavy (non-hydrogen) atoms. The molecule has 0 radical (unpaired) electrons. The van der Waals surface area contributed by atoms with E-state index in [1.54, 1.807) is 16.7 Å². The van der Waals surface area contributed by atoms with Gasteiger partial charge >= 0.3 is 0 Å². The number of amides is 1. The number of para-hydroxylation sites is 1. The summed E-state index contributed by atoms with van der Waals surface area (Å²) in [5, 5.41) is 3.85. The first-order valence-corrected chi connectivity index (χ1v) is 12.2. The standard InChI is InChI=1S/C21H24FN5O2S2/c1-2-10-27-19(29)17-18(24-20(31-17)26-11-6-3-7-12-26)25-21(27)30-13-16(28)23-15-9-5-4-8-14(15)22/h4-5,8-9H,2-3,6-7,10-13H2,1H3,(H,23,28). The maximum atomic E-state index is 13.8. The third-order valence-corrected chi connectivity index (χ3v) is 7.09. The Hall–Kier alpha value is -2.46. The Balaban J connectivity index is 1.57. The second-order valence-electron chi connectivity index (χ2n) is 7.36. The number of benzene rings is 1. The van der Waals surface area contributed by atoms with Crippen LogP contribution in [0.25, 0.3) is 10.3 Å². The van der Waals surface area contributed by atoms with E-state index in [-0.39, 0.29) is 22.9 Å². The maximum absolute atomic E-state index is 13.8. The molecule has 1 aliphatic heterocycles. The van der Waals surface area contributed by atoms with Crippen molar-refractivity contribution in [1.29, 1.82) is 0 Å². The van der Waals surface area contributed by atoms with Crippen LogP contribution in [-0.2, 0) is 11.3 Å². The summed E-state index contributed by atoms with van der Waals surface area (Å²) in [6.45, 7) is 4.39. The molecule has 2 aromatic heterocycles. The molecule has 3 heterocycles. The molecule has 1 aliphatic rings. The van der Waals surface area contributed by atoms with E-state index in [2.05, 4.69) is 20.2 Å². The van der Waals surface area contributed by atoms with Crippen LogP contribution >= 0.6 is 23.1 Å². The molecular weight excluding hydrogens is 437 g/mol. The van der Waals surface area contributed by atoms with Gasteiger partial charge in [-0.05, 0) is 37.8 Å². The fourth-order valence-corrected chi connectivity index (χ4v) is 5.33. The normalized spacial score (nSPS) is 14.2. The van der Waals surface area contributed by atoms with Crippen LogP contribution < -0.4 is 15.8 Å². The molecular formula is C21H24FN5O2S2. The van der Waals surface area contributed by atoms with Crippen molar-refractivity contribution in [3.05, 3.63) is 40.4 Å². The molecule has 7 nitrogen and oxygen atoms in total. The largest absolute Gasteiger partial charge is 0.348 e. The number of carbonyl (C=O) groups excluding carboxylic acids is 1. The fourth-order valence-electron chi connectivity index (χ4n) is 3.51. The summed E-state index contributed by atoms with van der Waals surface area (Å²) in [5.41, 5.74) is 0.442. The highest BCUT2D eigenvalue weighted by Gasteiger charge is 2.20. The van der Waals surface area contributed by atoms with Crippen LogP contribution in [0.4, 0.5) is 15.2 Å². The summed E-state index contributed by atoms with van der Waals surface area (Å²) in [7, 11) is 0. The monoisotopic (exact) mass is 461 g/mol. The number of carbonyl (C=O) groups is 1. The second-order valence-corrected chi connectivity index (χ2v) is 9.28. The van der Waals surface area contributed by atoms with Crippen molar-refractivity contribution in [2.45, 2.75) is 44.3 Å². The van der Waals surface area contributed by atoms with Crippen molar-refractivity contribution < 1.29 is 9.18 Å². The topological polar surface area (TPSA) is 80.1 Å². The van der Waals surface area contributed by atoms with Gasteiger partial charge in [-0.25, -0.2) is 9.37 Å². The summed E-state index contributed by atoms with van der Waals surface area (Å²) in [6.07, 6.45) is 4.24. The zero-order valence-electron chi connectivity index (χ0n) is 17.3. The summed E-state index contributed by atoms with van der Waals surface area (Å²) in [4.78, 5) is 36.9. The van der Waals surface area contributed by atoms with Crippen LogP contribution in [0.1, 0.15) is 32.6 Å². The van der Waals surface area contributed by atoms with E-state index in [1.807, 2.05) is 6.92 Å². The first-order chi connectivity index (χ1) is 15.1. The van der Waals surface area contributed by atoms with E-state index in [1.165, 1.54) is 29.9 Å². The van der Waals surface area contributed by atoms with Crippen LogP contribution in [0.2, 0.25) is 0 Å². The minimum absolute atomic E-state index is 0.0130. The summed E-state index contributed by atoms with van der Waals surface area (Å²) in [6, 6.07) is 6.02. The molecule has 10 heteroatoms. The van der Waals surface area contributed by atoms with Gasteiger partial charge < -0.3 is 10.2 Å². The molecule has 0 atom stereocenters. The lowest BCUT2D eigenvalue weighted by Gasteiger charge is -2.25. The fraction of sp³-hybridized carbons (Fsp3) is 0.429. The van der Waals surface area contributed by atoms with Crippen molar-refractivity contribution in [3.63, 3.8) is 0 Å². The smallest absolute Gasteiger partial charge is 0.273 e. The number of aromatic nitrogens is 3. The van der Waals surface area contributed by atoms with E-state index in [9.17, 15) is 14.0 Å². The summed E-state index contributed by atoms with van der Waals surface area (Å²) < 4.78 is 15.9. The molecule has 1 fully saturated rings. The Morgan fingerprint density at radius 3 is 2.74 bits per heavy atom. The first kappa shape index (κ1) is 21.8. The minimum atomic E-state index is -0.490. The Bertz CT molecular complexity index is 1140. The molecule has 1 saturated heterocycles. The van der Waals surface area contributed by atoms with Gasteiger partial charge in [-0.2, -0.15) is 4.98 Å². The van der Waals surface area contributed by atoms with Crippen molar-refractivity contribution in [2.75, 3.05) is 29.1 Å². The van der Waals surface area contributed by atoms with Gasteiger partial charge in [-0.3, -0.25) is 14.2 Å². The molecule has 0 unspecified atom stereocenters. The van der Waals surface area contributed by atoms with Crippen molar-refractivity contribution in [1.82, 2.24) is 14.5 Å². The average Bonchev–Trinajstić information content (AvgIpc) is 3.21. The van der Waals surface area contributed by atoms with Gasteiger partial charge in [-0.1, -0.05) is 42.2 Å². The van der Waals surface area contributed by atoms with E-state index in [4.69, 9.17) is 0 Å². The number of halogens is 1. The second kappa shape index (κ2) is 9.78. The highest BCUT2D eigenvalue weighted by molar-refractivity contribution is 7.99. The molecule has 4 rings (SSSR count). The van der Waals surface area contributed by atoms with Gasteiger partial charge in [0.1, 0.15) is 10.5 Å². The van der Waals surface area contributed by atoms with Crippen LogP contribution in [-0.4, -0.2) is 39.3 Å². The maximum Gasteiger partial charge on any atom is 0.273 e. The van der Waals surface area contributed by atoms with Crippen LogP contribution in [0.5, 0.6) is 0 Å². The lowest BCUT2D eigenvalue weighted by Crippen LogP contribution is -2.29. The lowest BCUT2D eigenvalue weighted by atomic mass is 10.1. The van der Waals surface area contributed by atoms with Gasteiger partial charge in [0.25, 0.3) is 5.56 Å². The molecule has 1 aromatic carbocycles. The Kier molecular flexibility index (Phi) is 6.86. The van der Waals surface area contributed by atoms with Crippen LogP contribution in [0, 0.1) is 5.82 Å². The average molecular weight is 462 g/mol. The van der Waals surface area contributed by atoms with Gasteiger partial charge in [0.05, 0.1) is 11.4 Å². The summed E-state index contributed by atoms with van der Waals surface area (Å²) in [5.74, 6) is -0.838. The number of thioether (sulfide) groups is 1. The van der Waals surface area contributed by atoms with Crippen molar-refractivity contribution in [3.8, 4) is 0 Å². The highest BCUT2D eigenvalue weighted by atomic mass is 32.2. The Morgan fingerprint density at radius 2 is 2.00 bits per heavy atom. The number of nitrogens with zero attached hydrogens (tertiary/aromatic N) is 4. The van der Waals surface area contributed by atoms with Gasteiger partial charge in [0.2, 0.25) is 5.91 Å². The van der Waals surface area contributed by atoms with Gasteiger partial charge in [0.15, 0.2) is 15.9 Å². The molecule has 0 aliphatic carbocycles. The van der Waals surface area contributed by atoms with Crippen LogP contribution in [0.15, 0.2) is 34.2 Å². The number of hydrogen-bond acceptors (Lipinski definition) is 7. The molecule has 1 N–H and O–H groups in total. The van der Waals surface area contributed by atoms with E-state index < -0.39 is 5.82 Å². The zero-order chi connectivity index (χ0) is 21.8. The lowest BCUT2D eigenvalue weighted by molar-refractivity contribution is -0.113. The third kappa shape index (κ3) is 4.90. The predicted octanol–water partition coefficient (Wildman–Crippen LogP) is 4.12. The zero-order valence-corrected chi connectivity index (χ0v) is 18.9. The first-order valence-electron chi connectivity index (χ1n) is 10.4. The predicted molar refractivity (Wildman–Crippen MR) is 124 cm³/mol. The van der Waals surface area contributed by atoms with Crippen molar-refractivity contribution in [2.24, 2.45) is 0 Å². The number of piperidine rings is 1. The number of nitrogens with one attached hydrogen (secondary N) is 1. The molecule has 0 bridgehead atoms. The molecule has 0 saturated carbocycles. The van der Waals surface area contributed by atoms with E-state index in [0.29, 0.717) is 22.0 Å². The summed E-state index contributed by atoms with van der Waals surface area (Å²) >= 11 is 2.56. The molecule has 0 spiro atoms. The molecule has 3 aromatic rings. The van der Waals surface area contributed by atoms with E-state index in [0.717, 1.165) is 49.2 Å². The number of fused-ring (bicyclic) bond motifs is 1. The van der Waals surface area contributed by atoms with E-state index >= 15 is 0 Å². The number of thiazole rings is 1. The number of anilines is 2. The highest BCUT2D eigenvalue weighted by Crippen LogP contribution is 2.29. The van der Waals surface area contributed by atoms with Crippen LogP contribution in [0.3, 0.4) is 0 Å². The Labute approximate surface area is 187 Å². The van der Waals surface area contributed by atoms with Crippen molar-refractivity contribution >= 4 is 50.2 Å². The van der Waals surface area contributed by atoms with Gasteiger partial charge in [-0.15, -0.1) is 0 Å². The SMILES string of the molecule is CCCn1c(SCC(=O)Nc2ccccc2F)nc2nc(N3CCCCC3)sc2c1=O. The minimum Gasteiger partial charge on any atom is -0.348 e.